The lowest BCUT2D eigenvalue weighted by Crippen LogP contribution is -2.12. The van der Waals surface area contributed by atoms with Gasteiger partial charge >= 0.3 is 5.97 Å². The molecule has 1 N–H and O–H groups in total. The molecule has 1 fully saturated rings. The molecular formula is C20H21N3O3. The van der Waals surface area contributed by atoms with Crippen LogP contribution in [0.25, 0.3) is 16.8 Å². The Morgan fingerprint density at radius 2 is 2.08 bits per heavy atom. The molecule has 2 aromatic heterocycles. The van der Waals surface area contributed by atoms with Crippen LogP contribution in [0.1, 0.15) is 52.9 Å². The molecular weight excluding hydrogens is 330 g/mol. The van der Waals surface area contributed by atoms with Gasteiger partial charge in [0.15, 0.2) is 5.69 Å². The van der Waals surface area contributed by atoms with Crippen LogP contribution in [0.3, 0.4) is 0 Å². The summed E-state index contributed by atoms with van der Waals surface area (Å²) in [5.74, 6) is -0.259. The SMILES string of the molecule is CCOC(=O)c1nn2cc(-c3ccc(C)c(C)c3)[nH]c(=O)c2c1C1CC1. The fraction of sp³-hybridized carbons (Fsp3) is 0.350. The van der Waals surface area contributed by atoms with Crippen LogP contribution in [0.15, 0.2) is 29.2 Å². The van der Waals surface area contributed by atoms with Gasteiger partial charge in [0.25, 0.3) is 5.56 Å². The molecule has 1 aliphatic rings. The lowest BCUT2D eigenvalue weighted by Gasteiger charge is -2.06. The number of ether oxygens (including phenoxy) is 1. The monoisotopic (exact) mass is 351 g/mol. The zero-order valence-corrected chi connectivity index (χ0v) is 15.1. The second kappa shape index (κ2) is 6.12. The minimum Gasteiger partial charge on any atom is -0.461 e. The Bertz CT molecular complexity index is 1070. The molecule has 3 aromatic rings. The molecule has 134 valence electrons. The van der Waals surface area contributed by atoms with Gasteiger partial charge in [0.2, 0.25) is 0 Å². The van der Waals surface area contributed by atoms with Crippen LogP contribution in [0, 0.1) is 13.8 Å². The minimum absolute atomic E-state index is 0.209. The van der Waals surface area contributed by atoms with E-state index >= 15 is 0 Å². The summed E-state index contributed by atoms with van der Waals surface area (Å²) in [4.78, 5) is 28.1. The highest BCUT2D eigenvalue weighted by Crippen LogP contribution is 2.43. The molecule has 0 saturated heterocycles. The molecule has 1 aliphatic carbocycles. The smallest absolute Gasteiger partial charge is 0.359 e. The summed E-state index contributed by atoms with van der Waals surface area (Å²) >= 11 is 0. The first-order valence-electron chi connectivity index (χ1n) is 8.90. The van der Waals surface area contributed by atoms with E-state index in [-0.39, 0.29) is 23.8 Å². The van der Waals surface area contributed by atoms with Crippen LogP contribution in [-0.4, -0.2) is 27.2 Å². The first-order valence-corrected chi connectivity index (χ1v) is 8.90. The number of aryl methyl sites for hydroxylation is 2. The Morgan fingerprint density at radius 1 is 1.31 bits per heavy atom. The molecule has 0 unspecified atom stereocenters. The first-order chi connectivity index (χ1) is 12.5. The van der Waals surface area contributed by atoms with Crippen LogP contribution in [0.5, 0.6) is 0 Å². The predicted octanol–water partition coefficient (Wildman–Crippen LogP) is 3.36. The predicted molar refractivity (Wildman–Crippen MR) is 98.7 cm³/mol. The third-order valence-electron chi connectivity index (χ3n) is 4.93. The molecule has 1 aromatic carbocycles. The number of fused-ring (bicyclic) bond motifs is 1. The average Bonchev–Trinajstić information content (AvgIpc) is 3.37. The fourth-order valence-corrected chi connectivity index (χ4v) is 3.27. The lowest BCUT2D eigenvalue weighted by molar-refractivity contribution is 0.0517. The number of hydrogen-bond donors (Lipinski definition) is 1. The minimum atomic E-state index is -0.467. The summed E-state index contributed by atoms with van der Waals surface area (Å²) in [5, 5.41) is 4.40. The summed E-state index contributed by atoms with van der Waals surface area (Å²) < 4.78 is 6.66. The topological polar surface area (TPSA) is 76.5 Å². The number of nitrogens with zero attached hydrogens (tertiary/aromatic N) is 2. The standard InChI is InChI=1S/C20H21N3O3/c1-4-26-20(25)17-16(13-7-8-13)18-19(24)21-15(10-23(18)22-17)14-6-5-11(2)12(3)9-14/h5-6,9-10,13H,4,7-8H2,1-3H3,(H,21,24). The quantitative estimate of drug-likeness (QED) is 0.731. The fourth-order valence-electron chi connectivity index (χ4n) is 3.27. The number of benzene rings is 1. The van der Waals surface area contributed by atoms with E-state index in [4.69, 9.17) is 4.74 Å². The first kappa shape index (κ1) is 16.6. The molecule has 0 bridgehead atoms. The molecule has 6 heteroatoms. The van der Waals surface area contributed by atoms with E-state index < -0.39 is 5.97 Å². The van der Waals surface area contributed by atoms with Crippen LogP contribution in [0.2, 0.25) is 0 Å². The molecule has 0 aliphatic heterocycles. The van der Waals surface area contributed by atoms with E-state index in [2.05, 4.69) is 10.1 Å². The molecule has 26 heavy (non-hydrogen) atoms. The van der Waals surface area contributed by atoms with Crippen molar-refractivity contribution in [3.63, 3.8) is 0 Å². The Balaban J connectivity index is 1.91. The Kier molecular flexibility index (Phi) is 3.90. The van der Waals surface area contributed by atoms with Crippen molar-refractivity contribution in [1.82, 2.24) is 14.6 Å². The highest BCUT2D eigenvalue weighted by molar-refractivity contribution is 5.92. The van der Waals surface area contributed by atoms with Crippen molar-refractivity contribution in [2.24, 2.45) is 0 Å². The summed E-state index contributed by atoms with van der Waals surface area (Å²) in [7, 11) is 0. The van der Waals surface area contributed by atoms with E-state index in [1.165, 1.54) is 10.1 Å². The van der Waals surface area contributed by atoms with Gasteiger partial charge in [-0.1, -0.05) is 12.1 Å². The van der Waals surface area contributed by atoms with Gasteiger partial charge in [-0.2, -0.15) is 5.10 Å². The third-order valence-corrected chi connectivity index (χ3v) is 4.93. The second-order valence-corrected chi connectivity index (χ2v) is 6.85. The molecule has 0 spiro atoms. The number of hydrogen-bond acceptors (Lipinski definition) is 4. The Hall–Kier alpha value is -2.89. The molecule has 4 rings (SSSR count). The number of carbonyl (C=O) groups is 1. The maximum atomic E-state index is 12.8. The van der Waals surface area contributed by atoms with Crippen molar-refractivity contribution in [1.29, 1.82) is 0 Å². The zero-order valence-electron chi connectivity index (χ0n) is 15.1. The highest BCUT2D eigenvalue weighted by Gasteiger charge is 2.34. The van der Waals surface area contributed by atoms with E-state index in [1.807, 2.05) is 32.0 Å². The number of carbonyl (C=O) groups excluding carboxylic acids is 1. The van der Waals surface area contributed by atoms with Crippen LogP contribution < -0.4 is 5.56 Å². The van der Waals surface area contributed by atoms with Gasteiger partial charge in [-0.25, -0.2) is 9.31 Å². The van der Waals surface area contributed by atoms with Crippen molar-refractivity contribution < 1.29 is 9.53 Å². The molecule has 6 nitrogen and oxygen atoms in total. The average molecular weight is 351 g/mol. The van der Waals surface area contributed by atoms with E-state index in [0.717, 1.165) is 29.5 Å². The molecule has 0 radical (unpaired) electrons. The van der Waals surface area contributed by atoms with Gasteiger partial charge in [-0.05, 0) is 62.3 Å². The summed E-state index contributed by atoms with van der Waals surface area (Å²) in [6.07, 6.45) is 3.70. The molecule has 0 atom stereocenters. The summed E-state index contributed by atoms with van der Waals surface area (Å²) in [5.41, 5.74) is 5.12. The van der Waals surface area contributed by atoms with E-state index in [9.17, 15) is 9.59 Å². The van der Waals surface area contributed by atoms with Crippen LogP contribution in [0.4, 0.5) is 0 Å². The summed E-state index contributed by atoms with van der Waals surface area (Å²) in [6.45, 7) is 6.12. The van der Waals surface area contributed by atoms with E-state index in [1.54, 1.807) is 13.1 Å². The number of aromatic nitrogens is 3. The van der Waals surface area contributed by atoms with Crippen molar-refractivity contribution in [3.05, 3.63) is 57.1 Å². The maximum absolute atomic E-state index is 12.8. The Labute approximate surface area is 150 Å². The normalized spacial score (nSPS) is 14.0. The van der Waals surface area contributed by atoms with Gasteiger partial charge in [0, 0.05) is 5.56 Å². The largest absolute Gasteiger partial charge is 0.461 e. The molecule has 2 heterocycles. The number of esters is 1. The van der Waals surface area contributed by atoms with Crippen molar-refractivity contribution >= 4 is 11.5 Å². The summed E-state index contributed by atoms with van der Waals surface area (Å²) in [6, 6.07) is 6.02. The molecule has 1 saturated carbocycles. The zero-order chi connectivity index (χ0) is 18.4. The number of nitrogens with one attached hydrogen (secondary N) is 1. The third kappa shape index (κ3) is 2.71. The van der Waals surface area contributed by atoms with Crippen LogP contribution >= 0.6 is 0 Å². The number of aromatic amines is 1. The van der Waals surface area contributed by atoms with Gasteiger partial charge < -0.3 is 9.72 Å². The van der Waals surface area contributed by atoms with Crippen LogP contribution in [-0.2, 0) is 4.74 Å². The molecule has 0 amide bonds. The van der Waals surface area contributed by atoms with Crippen molar-refractivity contribution in [2.75, 3.05) is 6.61 Å². The van der Waals surface area contributed by atoms with Gasteiger partial charge in [0.1, 0.15) is 5.52 Å². The van der Waals surface area contributed by atoms with Gasteiger partial charge in [-0.15, -0.1) is 0 Å². The van der Waals surface area contributed by atoms with Gasteiger partial charge in [0.05, 0.1) is 18.5 Å². The maximum Gasteiger partial charge on any atom is 0.359 e. The number of H-pyrrole nitrogens is 1. The Morgan fingerprint density at radius 3 is 2.73 bits per heavy atom. The van der Waals surface area contributed by atoms with Gasteiger partial charge in [-0.3, -0.25) is 4.79 Å². The second-order valence-electron chi connectivity index (χ2n) is 6.85. The highest BCUT2D eigenvalue weighted by atomic mass is 16.5. The van der Waals surface area contributed by atoms with Crippen molar-refractivity contribution in [3.8, 4) is 11.3 Å². The lowest BCUT2D eigenvalue weighted by atomic mass is 10.0. The van der Waals surface area contributed by atoms with Crippen molar-refractivity contribution in [2.45, 2.75) is 39.5 Å². The number of rotatable bonds is 4. The van der Waals surface area contributed by atoms with E-state index in [0.29, 0.717) is 11.2 Å².